The molecule has 1 N–H and O–H groups in total. The van der Waals surface area contributed by atoms with Crippen molar-refractivity contribution in [1.82, 2.24) is 20.0 Å². The molecule has 1 atom stereocenters. The third-order valence-electron chi connectivity index (χ3n) is 11.2. The molecule has 8 rings (SSSR count). The van der Waals surface area contributed by atoms with Crippen LogP contribution in [0.2, 0.25) is 5.02 Å². The third kappa shape index (κ3) is 9.34. The lowest BCUT2D eigenvalue weighted by atomic mass is 9.87. The molecule has 14 heteroatoms. The standard InChI is InChI=1S/C48H43ClF2N6O5/c1-2-36(37-15-12-34(49)27-42(37)51)46(32-11-17-43-33(26-32)28-52-53-43)31-9-13-35(14-10-31)62-23-5-22-61-29-45(58)56-18-20-57(21-19-56)48(60)40-24-30(8-16-41(40)50)25-44-38-6-3-4-7-39(38)47(59)55-54-44/h3-4,6-17,24,26-28,44H,2,5,18-23,25,29H2,1H3,(H,52,53)/b46-36+. The first-order valence-electron chi connectivity index (χ1n) is 20.5. The quantitative estimate of drug-likeness (QED) is 0.0859. The number of amides is 3. The summed E-state index contributed by atoms with van der Waals surface area (Å²) in [5, 5.41) is 16.4. The van der Waals surface area contributed by atoms with Gasteiger partial charge in [0.2, 0.25) is 5.91 Å². The number of hydrogen-bond acceptors (Lipinski definition) is 7. The van der Waals surface area contributed by atoms with E-state index < -0.39 is 23.7 Å². The van der Waals surface area contributed by atoms with Gasteiger partial charge in [0, 0.05) is 60.6 Å². The van der Waals surface area contributed by atoms with Gasteiger partial charge in [-0.15, -0.1) is 5.11 Å². The Morgan fingerprint density at radius 1 is 0.839 bits per heavy atom. The van der Waals surface area contributed by atoms with Crippen molar-refractivity contribution in [3.63, 3.8) is 0 Å². The summed E-state index contributed by atoms with van der Waals surface area (Å²) in [6, 6.07) is 29.5. The number of benzene rings is 5. The summed E-state index contributed by atoms with van der Waals surface area (Å²) in [4.78, 5) is 41.8. The van der Waals surface area contributed by atoms with E-state index in [2.05, 4.69) is 20.4 Å². The number of carbonyl (C=O) groups is 3. The number of aromatic amines is 1. The van der Waals surface area contributed by atoms with Gasteiger partial charge in [-0.2, -0.15) is 10.2 Å². The van der Waals surface area contributed by atoms with E-state index in [1.807, 2.05) is 61.5 Å². The van der Waals surface area contributed by atoms with Crippen molar-refractivity contribution in [2.45, 2.75) is 32.2 Å². The van der Waals surface area contributed by atoms with E-state index in [4.69, 9.17) is 21.1 Å². The lowest BCUT2D eigenvalue weighted by Gasteiger charge is -2.35. The Morgan fingerprint density at radius 2 is 1.61 bits per heavy atom. The minimum Gasteiger partial charge on any atom is -0.494 e. The number of fused-ring (bicyclic) bond motifs is 2. The lowest BCUT2D eigenvalue weighted by molar-refractivity contribution is -0.137. The molecule has 3 amide bonds. The highest BCUT2D eigenvalue weighted by Gasteiger charge is 2.28. The molecular weight excluding hydrogens is 814 g/mol. The number of hydrogen-bond donors (Lipinski definition) is 1. The minimum atomic E-state index is -0.632. The van der Waals surface area contributed by atoms with Gasteiger partial charge >= 0.3 is 0 Å². The van der Waals surface area contributed by atoms with Crippen LogP contribution in [0.15, 0.2) is 120 Å². The Bertz CT molecular complexity index is 2690. The van der Waals surface area contributed by atoms with E-state index in [1.165, 1.54) is 18.2 Å². The van der Waals surface area contributed by atoms with Crippen molar-refractivity contribution in [1.29, 1.82) is 0 Å². The van der Waals surface area contributed by atoms with Crippen LogP contribution in [0, 0.1) is 11.6 Å². The third-order valence-corrected chi connectivity index (χ3v) is 11.4. The zero-order valence-corrected chi connectivity index (χ0v) is 34.7. The van der Waals surface area contributed by atoms with Crippen molar-refractivity contribution < 1.29 is 32.6 Å². The van der Waals surface area contributed by atoms with Crippen molar-refractivity contribution in [2.24, 2.45) is 10.2 Å². The number of azo groups is 1. The summed E-state index contributed by atoms with van der Waals surface area (Å²) >= 11 is 6.10. The average Bonchev–Trinajstić information content (AvgIpc) is 3.77. The Hall–Kier alpha value is -6.57. The van der Waals surface area contributed by atoms with Gasteiger partial charge in [-0.25, -0.2) is 8.78 Å². The summed E-state index contributed by atoms with van der Waals surface area (Å²) < 4.78 is 42.0. The molecular formula is C48H43ClF2N6O5. The zero-order valence-electron chi connectivity index (χ0n) is 34.0. The van der Waals surface area contributed by atoms with Crippen LogP contribution >= 0.6 is 11.6 Å². The predicted molar refractivity (Wildman–Crippen MR) is 232 cm³/mol. The van der Waals surface area contributed by atoms with E-state index in [0.717, 1.165) is 38.7 Å². The Morgan fingerprint density at radius 3 is 2.40 bits per heavy atom. The van der Waals surface area contributed by atoms with Gasteiger partial charge in [-0.1, -0.05) is 67.1 Å². The van der Waals surface area contributed by atoms with E-state index >= 15 is 4.39 Å². The normalized spacial score (nSPS) is 15.4. The Kier molecular flexibility index (Phi) is 12.9. The van der Waals surface area contributed by atoms with Crippen LogP contribution < -0.4 is 4.74 Å². The van der Waals surface area contributed by atoms with Crippen LogP contribution in [0.5, 0.6) is 5.75 Å². The number of piperazine rings is 1. The van der Waals surface area contributed by atoms with Crippen LogP contribution in [0.3, 0.4) is 0 Å². The van der Waals surface area contributed by atoms with Crippen LogP contribution in [0.4, 0.5) is 8.78 Å². The van der Waals surface area contributed by atoms with Gasteiger partial charge in [0.05, 0.1) is 30.5 Å². The molecule has 1 unspecified atom stereocenters. The summed E-state index contributed by atoms with van der Waals surface area (Å²) in [7, 11) is 0. The maximum absolute atomic E-state index is 15.3. The molecule has 6 aromatic rings. The first-order valence-corrected chi connectivity index (χ1v) is 20.9. The fourth-order valence-electron chi connectivity index (χ4n) is 7.96. The van der Waals surface area contributed by atoms with E-state index in [-0.39, 0.29) is 37.0 Å². The molecule has 0 radical (unpaired) electrons. The predicted octanol–water partition coefficient (Wildman–Crippen LogP) is 9.52. The maximum atomic E-state index is 15.3. The van der Waals surface area contributed by atoms with Crippen LogP contribution in [0.1, 0.15) is 74.3 Å². The summed E-state index contributed by atoms with van der Waals surface area (Å²) in [6.45, 7) is 3.65. The largest absolute Gasteiger partial charge is 0.494 e. The highest BCUT2D eigenvalue weighted by atomic mass is 35.5. The van der Waals surface area contributed by atoms with E-state index in [0.29, 0.717) is 73.0 Å². The summed E-state index contributed by atoms with van der Waals surface area (Å²) in [5.41, 5.74) is 6.79. The van der Waals surface area contributed by atoms with Gasteiger partial charge in [0.1, 0.15) is 30.0 Å². The van der Waals surface area contributed by atoms with Crippen molar-refractivity contribution in [3.05, 3.63) is 165 Å². The van der Waals surface area contributed by atoms with Gasteiger partial charge in [0.25, 0.3) is 11.8 Å². The number of carbonyl (C=O) groups excluding carboxylic acids is 3. The smallest absolute Gasteiger partial charge is 0.295 e. The average molecular weight is 857 g/mol. The number of allylic oxidation sites excluding steroid dienone is 1. The number of ether oxygens (including phenoxy) is 2. The lowest BCUT2D eigenvalue weighted by Crippen LogP contribution is -2.51. The topological polar surface area (TPSA) is 130 Å². The number of nitrogens with one attached hydrogen (secondary N) is 1. The van der Waals surface area contributed by atoms with Crippen LogP contribution in [-0.4, -0.2) is 83.7 Å². The minimum absolute atomic E-state index is 0.0532. The first-order chi connectivity index (χ1) is 30.2. The molecule has 62 heavy (non-hydrogen) atoms. The van der Waals surface area contributed by atoms with Crippen molar-refractivity contribution in [3.8, 4) is 5.75 Å². The fraction of sp³-hybridized carbons (Fsp3) is 0.250. The molecule has 3 heterocycles. The molecule has 5 aromatic carbocycles. The SMILES string of the molecule is CC/C(=C(/c1ccc(OCCCOCC(=O)N2CCN(C(=O)c3cc(CC4N=NC(=O)c5ccccc54)ccc3F)CC2)cc1)c1ccc2[nH]ncc2c1)c1ccc(Cl)cc1F. The monoisotopic (exact) mass is 856 g/mol. The highest BCUT2D eigenvalue weighted by molar-refractivity contribution is 6.30. The Balaban J connectivity index is 0.805. The van der Waals surface area contributed by atoms with Gasteiger partial charge in [-0.05, 0) is 94.4 Å². The van der Waals surface area contributed by atoms with E-state index in [9.17, 15) is 18.8 Å². The number of aromatic nitrogens is 2. The second-order valence-corrected chi connectivity index (χ2v) is 15.5. The molecule has 1 fully saturated rings. The number of rotatable bonds is 14. The number of halogens is 3. The highest BCUT2D eigenvalue weighted by Crippen LogP contribution is 2.38. The summed E-state index contributed by atoms with van der Waals surface area (Å²) in [5.74, 6) is -1.41. The second kappa shape index (κ2) is 19.0. The summed E-state index contributed by atoms with van der Waals surface area (Å²) in [6.07, 6.45) is 3.22. The molecule has 2 aliphatic heterocycles. The first kappa shape index (κ1) is 42.1. The second-order valence-electron chi connectivity index (χ2n) is 15.1. The molecule has 0 saturated carbocycles. The molecule has 1 saturated heterocycles. The molecule has 0 bridgehead atoms. The van der Waals surface area contributed by atoms with Crippen molar-refractivity contribution >= 4 is 51.4 Å². The molecule has 316 valence electrons. The number of H-pyrrole nitrogens is 1. The molecule has 1 aromatic heterocycles. The molecule has 2 aliphatic rings. The van der Waals surface area contributed by atoms with E-state index in [1.54, 1.807) is 46.3 Å². The Labute approximate surface area is 362 Å². The maximum Gasteiger partial charge on any atom is 0.295 e. The fourth-order valence-corrected chi connectivity index (χ4v) is 8.12. The molecule has 11 nitrogen and oxygen atoms in total. The van der Waals surface area contributed by atoms with Gasteiger partial charge in [0.15, 0.2) is 0 Å². The molecule has 0 aliphatic carbocycles. The van der Waals surface area contributed by atoms with Gasteiger partial charge in [-0.3, -0.25) is 19.5 Å². The molecule has 0 spiro atoms. The van der Waals surface area contributed by atoms with Crippen LogP contribution in [0.25, 0.3) is 22.0 Å². The zero-order chi connectivity index (χ0) is 43.2. The number of nitrogens with zero attached hydrogens (tertiary/aromatic N) is 5. The van der Waals surface area contributed by atoms with Crippen LogP contribution in [-0.2, 0) is 16.0 Å². The van der Waals surface area contributed by atoms with Crippen molar-refractivity contribution in [2.75, 3.05) is 46.0 Å². The van der Waals surface area contributed by atoms with Gasteiger partial charge < -0.3 is 19.3 Å².